The summed E-state index contributed by atoms with van der Waals surface area (Å²) < 4.78 is 11.2. The van der Waals surface area contributed by atoms with Crippen LogP contribution in [0.15, 0.2) is 54.6 Å². The SMILES string of the molecule is CCc1ccc(C(C(=O)NC(Cc2ccccc2)C(=O)OC(C)(C)C)N(C(=O)C(CCSC)NC(=O)OC(C)(C)C)C(C)C)cc1. The summed E-state index contributed by atoms with van der Waals surface area (Å²) in [5.74, 6) is -0.931. The Labute approximate surface area is 279 Å². The number of aryl methyl sites for hydroxylation is 1. The Morgan fingerprint density at radius 3 is 1.89 bits per heavy atom. The molecule has 254 valence electrons. The number of nitrogens with one attached hydrogen (secondary N) is 2. The third kappa shape index (κ3) is 12.7. The number of hydrogen-bond donors (Lipinski definition) is 2. The average molecular weight is 656 g/mol. The first-order valence-electron chi connectivity index (χ1n) is 15.9. The molecule has 2 aromatic carbocycles. The number of ether oxygens (including phenoxy) is 2. The summed E-state index contributed by atoms with van der Waals surface area (Å²) in [5, 5.41) is 5.69. The lowest BCUT2D eigenvalue weighted by Crippen LogP contribution is -2.56. The van der Waals surface area contributed by atoms with E-state index in [9.17, 15) is 19.2 Å². The molecule has 0 heterocycles. The van der Waals surface area contributed by atoms with E-state index in [4.69, 9.17) is 9.47 Å². The van der Waals surface area contributed by atoms with Gasteiger partial charge in [0, 0.05) is 12.5 Å². The molecular weight excluding hydrogens is 602 g/mol. The highest BCUT2D eigenvalue weighted by atomic mass is 32.2. The van der Waals surface area contributed by atoms with E-state index in [0.29, 0.717) is 17.7 Å². The van der Waals surface area contributed by atoms with Crippen molar-refractivity contribution in [3.05, 3.63) is 71.3 Å². The van der Waals surface area contributed by atoms with Gasteiger partial charge >= 0.3 is 12.1 Å². The Morgan fingerprint density at radius 2 is 1.39 bits per heavy atom. The van der Waals surface area contributed by atoms with Gasteiger partial charge in [-0.2, -0.15) is 11.8 Å². The van der Waals surface area contributed by atoms with Crippen molar-refractivity contribution in [3.8, 4) is 0 Å². The summed E-state index contributed by atoms with van der Waals surface area (Å²) in [7, 11) is 0. The largest absolute Gasteiger partial charge is 0.458 e. The molecule has 0 saturated carbocycles. The number of nitrogens with zero attached hydrogens (tertiary/aromatic N) is 1. The molecule has 0 saturated heterocycles. The first-order chi connectivity index (χ1) is 21.5. The number of hydrogen-bond acceptors (Lipinski definition) is 7. The molecule has 0 aliphatic rings. The van der Waals surface area contributed by atoms with Gasteiger partial charge in [0.15, 0.2) is 0 Å². The number of benzene rings is 2. The number of esters is 1. The van der Waals surface area contributed by atoms with Gasteiger partial charge in [-0.15, -0.1) is 0 Å². The lowest BCUT2D eigenvalue weighted by Gasteiger charge is -2.38. The highest BCUT2D eigenvalue weighted by molar-refractivity contribution is 7.98. The zero-order valence-electron chi connectivity index (χ0n) is 29.1. The maximum atomic E-state index is 14.4. The van der Waals surface area contributed by atoms with E-state index in [1.165, 1.54) is 4.90 Å². The van der Waals surface area contributed by atoms with Crippen molar-refractivity contribution in [2.75, 3.05) is 12.0 Å². The predicted octanol–water partition coefficient (Wildman–Crippen LogP) is 6.24. The zero-order valence-corrected chi connectivity index (χ0v) is 30.0. The number of carbonyl (C=O) groups excluding carboxylic acids is 4. The number of rotatable bonds is 14. The minimum Gasteiger partial charge on any atom is -0.458 e. The maximum absolute atomic E-state index is 14.4. The van der Waals surface area contributed by atoms with Gasteiger partial charge in [0.05, 0.1) is 0 Å². The second-order valence-corrected chi connectivity index (χ2v) is 14.6. The van der Waals surface area contributed by atoms with Crippen molar-refractivity contribution in [3.63, 3.8) is 0 Å². The Bertz CT molecular complexity index is 1290. The van der Waals surface area contributed by atoms with Gasteiger partial charge < -0.3 is 25.0 Å². The summed E-state index contributed by atoms with van der Waals surface area (Å²) in [4.78, 5) is 56.6. The molecule has 0 fully saturated rings. The molecule has 0 spiro atoms. The highest BCUT2D eigenvalue weighted by Gasteiger charge is 2.39. The lowest BCUT2D eigenvalue weighted by molar-refractivity contribution is -0.159. The fraction of sp³-hybridized carbons (Fsp3) is 0.556. The van der Waals surface area contributed by atoms with E-state index in [1.807, 2.05) is 81.6 Å². The molecule has 2 aromatic rings. The van der Waals surface area contributed by atoms with Crippen LogP contribution in [0.1, 0.15) is 91.5 Å². The third-order valence-corrected chi connectivity index (χ3v) is 7.58. The van der Waals surface area contributed by atoms with Crippen LogP contribution in [0.4, 0.5) is 4.79 Å². The third-order valence-electron chi connectivity index (χ3n) is 6.93. The van der Waals surface area contributed by atoms with E-state index < -0.39 is 59.2 Å². The second kappa shape index (κ2) is 17.4. The number of alkyl carbamates (subject to hydrolysis) is 1. The first-order valence-corrected chi connectivity index (χ1v) is 17.3. The molecule has 3 atom stereocenters. The second-order valence-electron chi connectivity index (χ2n) is 13.6. The molecule has 0 aliphatic carbocycles. The predicted molar refractivity (Wildman–Crippen MR) is 185 cm³/mol. The summed E-state index contributed by atoms with van der Waals surface area (Å²) in [6.07, 6.45) is 2.55. The van der Waals surface area contributed by atoms with Crippen LogP contribution in [0.2, 0.25) is 0 Å². The summed E-state index contributed by atoms with van der Waals surface area (Å²) in [6, 6.07) is 13.4. The Balaban J connectivity index is 2.59. The van der Waals surface area contributed by atoms with Crippen LogP contribution in [-0.2, 0) is 36.7 Å². The molecule has 3 amide bonds. The molecule has 2 N–H and O–H groups in total. The van der Waals surface area contributed by atoms with Gasteiger partial charge in [-0.1, -0.05) is 61.5 Å². The van der Waals surface area contributed by atoms with E-state index in [2.05, 4.69) is 10.6 Å². The Kier molecular flexibility index (Phi) is 14.6. The van der Waals surface area contributed by atoms with Gasteiger partial charge in [-0.05, 0) is 96.9 Å². The minimum absolute atomic E-state index is 0.204. The lowest BCUT2D eigenvalue weighted by atomic mass is 9.98. The molecule has 3 unspecified atom stereocenters. The normalized spacial score (nSPS) is 13.7. The molecule has 9 nitrogen and oxygen atoms in total. The maximum Gasteiger partial charge on any atom is 0.408 e. The molecule has 0 radical (unpaired) electrons. The average Bonchev–Trinajstić information content (AvgIpc) is 2.95. The zero-order chi connectivity index (χ0) is 34.7. The van der Waals surface area contributed by atoms with Crippen molar-refractivity contribution in [1.82, 2.24) is 15.5 Å². The number of carbonyl (C=O) groups is 4. The summed E-state index contributed by atoms with van der Waals surface area (Å²) in [5.41, 5.74) is 0.973. The van der Waals surface area contributed by atoms with Gasteiger partial charge in [-0.25, -0.2) is 9.59 Å². The van der Waals surface area contributed by atoms with E-state index >= 15 is 0 Å². The quantitative estimate of drug-likeness (QED) is 0.232. The van der Waals surface area contributed by atoms with Crippen molar-refractivity contribution >= 4 is 35.6 Å². The van der Waals surface area contributed by atoms with Gasteiger partial charge in [-0.3, -0.25) is 9.59 Å². The molecule has 46 heavy (non-hydrogen) atoms. The minimum atomic E-state index is -1.10. The van der Waals surface area contributed by atoms with Crippen molar-refractivity contribution in [2.24, 2.45) is 0 Å². The summed E-state index contributed by atoms with van der Waals surface area (Å²) >= 11 is 1.55. The van der Waals surface area contributed by atoms with Crippen molar-refractivity contribution in [2.45, 2.75) is 117 Å². The van der Waals surface area contributed by atoms with Crippen LogP contribution in [-0.4, -0.2) is 70.1 Å². The molecule has 2 rings (SSSR count). The number of thioether (sulfide) groups is 1. The van der Waals surface area contributed by atoms with Crippen LogP contribution in [0.3, 0.4) is 0 Å². The van der Waals surface area contributed by atoms with Crippen LogP contribution < -0.4 is 10.6 Å². The fourth-order valence-electron chi connectivity index (χ4n) is 4.84. The molecule has 0 aromatic heterocycles. The van der Waals surface area contributed by atoms with Gasteiger partial charge in [0.1, 0.15) is 29.3 Å². The van der Waals surface area contributed by atoms with E-state index in [-0.39, 0.29) is 6.42 Å². The van der Waals surface area contributed by atoms with Crippen LogP contribution in [0, 0.1) is 0 Å². The standard InChI is InChI=1S/C36H53N3O6S/c1-11-25-17-19-27(20-18-25)30(31(40)37-29(33(42)44-35(4,5)6)23-26-15-13-12-14-16-26)39(24(2)3)32(41)28(21-22-46-10)38-34(43)45-36(7,8)9/h12-20,24,28-30H,11,21-23H2,1-10H3,(H,37,40)(H,38,43). The summed E-state index contributed by atoms with van der Waals surface area (Å²) in [6.45, 7) is 16.3. The van der Waals surface area contributed by atoms with Gasteiger partial charge in [0.25, 0.3) is 0 Å². The smallest absolute Gasteiger partial charge is 0.408 e. The van der Waals surface area contributed by atoms with Crippen molar-refractivity contribution < 1.29 is 28.7 Å². The van der Waals surface area contributed by atoms with E-state index in [0.717, 1.165) is 17.5 Å². The van der Waals surface area contributed by atoms with Crippen LogP contribution in [0.5, 0.6) is 0 Å². The monoisotopic (exact) mass is 655 g/mol. The molecular formula is C36H53N3O6S. The fourth-order valence-corrected chi connectivity index (χ4v) is 5.31. The van der Waals surface area contributed by atoms with Crippen LogP contribution >= 0.6 is 11.8 Å². The van der Waals surface area contributed by atoms with Crippen LogP contribution in [0.25, 0.3) is 0 Å². The van der Waals surface area contributed by atoms with Crippen molar-refractivity contribution in [1.29, 1.82) is 0 Å². The Hall–Kier alpha value is -3.53. The molecule has 10 heteroatoms. The Morgan fingerprint density at radius 1 is 0.804 bits per heavy atom. The van der Waals surface area contributed by atoms with E-state index in [1.54, 1.807) is 53.3 Å². The first kappa shape index (κ1) is 38.7. The molecule has 0 bridgehead atoms. The topological polar surface area (TPSA) is 114 Å². The number of amides is 3. The van der Waals surface area contributed by atoms with Gasteiger partial charge in [0.2, 0.25) is 11.8 Å². The molecule has 0 aliphatic heterocycles. The highest BCUT2D eigenvalue weighted by Crippen LogP contribution is 2.27.